The number of benzene rings is 1. The van der Waals surface area contributed by atoms with E-state index in [1.165, 1.54) is 11.1 Å². The number of hydrogen-bond donors (Lipinski definition) is 2. The molecule has 0 bridgehead atoms. The first kappa shape index (κ1) is 20.0. The Morgan fingerprint density at radius 1 is 1.16 bits per heavy atom. The molecule has 1 atom stereocenters. The highest BCUT2D eigenvalue weighted by Crippen LogP contribution is 2.45. The molecular weight excluding hydrogens is 402 g/mol. The number of rotatable bonds is 3. The van der Waals surface area contributed by atoms with Gasteiger partial charge in [-0.1, -0.05) is 0 Å². The van der Waals surface area contributed by atoms with Gasteiger partial charge in [0.1, 0.15) is 18.0 Å². The summed E-state index contributed by atoms with van der Waals surface area (Å²) in [5.74, 6) is 2.38. The second kappa shape index (κ2) is 8.04. The van der Waals surface area contributed by atoms with Gasteiger partial charge in [-0.15, -0.1) is 0 Å². The van der Waals surface area contributed by atoms with Crippen molar-refractivity contribution in [2.75, 3.05) is 44.7 Å². The third kappa shape index (κ3) is 3.34. The molecule has 0 saturated carbocycles. The van der Waals surface area contributed by atoms with E-state index in [1.807, 2.05) is 12.3 Å². The van der Waals surface area contributed by atoms with E-state index in [0.717, 1.165) is 69.3 Å². The summed E-state index contributed by atoms with van der Waals surface area (Å²) in [6, 6.07) is 9.37. The van der Waals surface area contributed by atoms with Crippen LogP contribution in [-0.2, 0) is 4.74 Å². The van der Waals surface area contributed by atoms with Crippen LogP contribution < -0.4 is 15.4 Å². The Balaban J connectivity index is 1.33. The quantitative estimate of drug-likeness (QED) is 0.771. The molecule has 6 rings (SSSR count). The SMILES string of the molecule is C[C@H]1Oc2c(C#N)cc(C3CN(C4CNC4)C3)cc2Nc2nccc(C3CCOCC3)c21. The zero-order chi connectivity index (χ0) is 21.7. The van der Waals surface area contributed by atoms with Gasteiger partial charge in [0.25, 0.3) is 0 Å². The summed E-state index contributed by atoms with van der Waals surface area (Å²) in [7, 11) is 0. The van der Waals surface area contributed by atoms with Crippen LogP contribution in [0.3, 0.4) is 0 Å². The van der Waals surface area contributed by atoms with Crippen molar-refractivity contribution in [2.45, 2.75) is 43.7 Å². The number of nitrogens with one attached hydrogen (secondary N) is 2. The molecule has 1 aromatic heterocycles. The fourth-order valence-electron chi connectivity index (χ4n) is 5.49. The molecule has 3 saturated heterocycles. The highest BCUT2D eigenvalue weighted by molar-refractivity contribution is 5.74. The van der Waals surface area contributed by atoms with Gasteiger partial charge >= 0.3 is 0 Å². The number of aromatic nitrogens is 1. The largest absolute Gasteiger partial charge is 0.482 e. The minimum absolute atomic E-state index is 0.187. The first-order chi connectivity index (χ1) is 15.7. The summed E-state index contributed by atoms with van der Waals surface area (Å²) in [6.45, 7) is 7.93. The fraction of sp³-hybridized carbons (Fsp3) is 0.520. The van der Waals surface area contributed by atoms with Gasteiger partial charge in [-0.25, -0.2) is 4.98 Å². The maximum atomic E-state index is 9.93. The van der Waals surface area contributed by atoms with Crippen LogP contribution in [0.1, 0.15) is 60.0 Å². The van der Waals surface area contributed by atoms with Crippen molar-refractivity contribution < 1.29 is 9.47 Å². The van der Waals surface area contributed by atoms with E-state index in [1.54, 1.807) is 0 Å². The van der Waals surface area contributed by atoms with E-state index in [9.17, 15) is 5.26 Å². The molecule has 166 valence electrons. The van der Waals surface area contributed by atoms with Crippen LogP contribution in [-0.4, -0.2) is 55.3 Å². The molecule has 4 aliphatic heterocycles. The second-order valence-electron chi connectivity index (χ2n) is 9.45. The smallest absolute Gasteiger partial charge is 0.161 e. The van der Waals surface area contributed by atoms with Crippen molar-refractivity contribution in [3.8, 4) is 11.8 Å². The van der Waals surface area contributed by atoms with Crippen molar-refractivity contribution in [1.82, 2.24) is 15.2 Å². The van der Waals surface area contributed by atoms with E-state index in [4.69, 9.17) is 9.47 Å². The van der Waals surface area contributed by atoms with Gasteiger partial charge in [0.15, 0.2) is 5.75 Å². The molecular formula is C25H29N5O2. The summed E-state index contributed by atoms with van der Waals surface area (Å²) in [6.07, 6.45) is 3.73. The Hall–Kier alpha value is -2.66. The normalized spacial score (nSPS) is 24.1. The zero-order valence-corrected chi connectivity index (χ0v) is 18.4. The first-order valence-electron chi connectivity index (χ1n) is 11.7. The van der Waals surface area contributed by atoms with Crippen LogP contribution >= 0.6 is 0 Å². The molecule has 32 heavy (non-hydrogen) atoms. The molecule has 2 aromatic rings. The predicted molar refractivity (Wildman–Crippen MR) is 121 cm³/mol. The molecule has 7 nitrogen and oxygen atoms in total. The van der Waals surface area contributed by atoms with Gasteiger partial charge in [0, 0.05) is 63.1 Å². The number of ether oxygens (including phenoxy) is 2. The Bertz CT molecular complexity index is 1060. The molecule has 0 unspecified atom stereocenters. The van der Waals surface area contributed by atoms with Crippen molar-refractivity contribution in [2.24, 2.45) is 0 Å². The lowest BCUT2D eigenvalue weighted by atomic mass is 9.87. The maximum absolute atomic E-state index is 9.93. The van der Waals surface area contributed by atoms with Crippen LogP contribution in [0.4, 0.5) is 11.5 Å². The first-order valence-corrected chi connectivity index (χ1v) is 11.7. The lowest BCUT2D eigenvalue weighted by Gasteiger charge is -2.48. The van der Waals surface area contributed by atoms with Crippen molar-refractivity contribution in [3.05, 3.63) is 46.6 Å². The van der Waals surface area contributed by atoms with Crippen LogP contribution in [0.25, 0.3) is 0 Å². The van der Waals surface area contributed by atoms with E-state index >= 15 is 0 Å². The number of pyridine rings is 1. The average molecular weight is 432 g/mol. The molecule has 5 heterocycles. The molecule has 0 radical (unpaired) electrons. The van der Waals surface area contributed by atoms with E-state index in [2.05, 4.69) is 45.6 Å². The molecule has 0 spiro atoms. The number of likely N-dealkylation sites (tertiary alicyclic amines) is 1. The highest BCUT2D eigenvalue weighted by Gasteiger charge is 2.37. The highest BCUT2D eigenvalue weighted by atomic mass is 16.5. The minimum Gasteiger partial charge on any atom is -0.482 e. The van der Waals surface area contributed by atoms with E-state index in [-0.39, 0.29) is 6.10 Å². The summed E-state index contributed by atoms with van der Waals surface area (Å²) < 4.78 is 12.0. The third-order valence-electron chi connectivity index (χ3n) is 7.53. The maximum Gasteiger partial charge on any atom is 0.161 e. The molecule has 7 heteroatoms. The number of nitriles is 1. The third-order valence-corrected chi connectivity index (χ3v) is 7.53. The molecule has 0 aliphatic carbocycles. The Labute approximate surface area is 188 Å². The molecule has 3 fully saturated rings. The van der Waals surface area contributed by atoms with Gasteiger partial charge in [-0.2, -0.15) is 5.26 Å². The minimum atomic E-state index is -0.187. The standard InChI is InChI=1S/C25H29N5O2/c1-15-23-21(16-3-6-31-7-4-16)2-5-28-25(23)29-22-9-17(8-18(10-26)24(22)32-15)19-13-30(14-19)20-11-27-12-20/h2,5,8-9,15-16,19-20,27H,3-4,6-7,11-14H2,1H3,(H,28,29)/t15-/m1/s1. The number of anilines is 2. The topological polar surface area (TPSA) is 82.4 Å². The summed E-state index contributed by atoms with van der Waals surface area (Å²) in [4.78, 5) is 7.21. The van der Waals surface area contributed by atoms with Gasteiger partial charge in [0.05, 0.1) is 11.3 Å². The lowest BCUT2D eigenvalue weighted by molar-refractivity contribution is 0.0613. The van der Waals surface area contributed by atoms with E-state index in [0.29, 0.717) is 29.2 Å². The summed E-state index contributed by atoms with van der Waals surface area (Å²) >= 11 is 0. The monoisotopic (exact) mass is 431 g/mol. The van der Waals surface area contributed by atoms with Crippen LogP contribution in [0.15, 0.2) is 24.4 Å². The Morgan fingerprint density at radius 3 is 2.69 bits per heavy atom. The molecule has 0 amide bonds. The summed E-state index contributed by atoms with van der Waals surface area (Å²) in [5, 5.41) is 16.8. The lowest BCUT2D eigenvalue weighted by Crippen LogP contribution is -2.63. The predicted octanol–water partition coefficient (Wildman–Crippen LogP) is 3.42. The number of nitrogens with zero attached hydrogens (tertiary/aromatic N) is 3. The second-order valence-corrected chi connectivity index (χ2v) is 9.45. The van der Waals surface area contributed by atoms with Crippen LogP contribution in [0, 0.1) is 11.3 Å². The van der Waals surface area contributed by atoms with Crippen molar-refractivity contribution in [1.29, 1.82) is 5.26 Å². The number of hydrogen-bond acceptors (Lipinski definition) is 7. The Kier molecular flexibility index (Phi) is 5.02. The van der Waals surface area contributed by atoms with Gasteiger partial charge in [0.2, 0.25) is 0 Å². The van der Waals surface area contributed by atoms with E-state index < -0.39 is 0 Å². The van der Waals surface area contributed by atoms with Gasteiger partial charge < -0.3 is 20.1 Å². The zero-order valence-electron chi connectivity index (χ0n) is 18.4. The fourth-order valence-corrected chi connectivity index (χ4v) is 5.49. The number of fused-ring (bicyclic) bond motifs is 2. The molecule has 4 aliphatic rings. The van der Waals surface area contributed by atoms with Gasteiger partial charge in [-0.3, -0.25) is 4.90 Å². The van der Waals surface area contributed by atoms with Crippen LogP contribution in [0.2, 0.25) is 0 Å². The van der Waals surface area contributed by atoms with Gasteiger partial charge in [-0.05, 0) is 55.0 Å². The summed E-state index contributed by atoms with van der Waals surface area (Å²) in [5.41, 5.74) is 5.05. The van der Waals surface area contributed by atoms with Crippen LogP contribution in [0.5, 0.6) is 5.75 Å². The Morgan fingerprint density at radius 2 is 1.97 bits per heavy atom. The average Bonchev–Trinajstić information content (AvgIpc) is 2.90. The van der Waals surface area contributed by atoms with Crippen molar-refractivity contribution in [3.63, 3.8) is 0 Å². The van der Waals surface area contributed by atoms with Crippen molar-refractivity contribution >= 4 is 11.5 Å². The molecule has 1 aromatic carbocycles. The molecule has 2 N–H and O–H groups in total.